The van der Waals surface area contributed by atoms with Crippen LogP contribution in [0.2, 0.25) is 0 Å². The molecule has 3 rings (SSSR count). The number of nitrogens with two attached hydrogens (primary N) is 1. The fourth-order valence-electron chi connectivity index (χ4n) is 2.37. The Morgan fingerprint density at radius 1 is 1.00 bits per heavy atom. The summed E-state index contributed by atoms with van der Waals surface area (Å²) in [4.78, 5) is 26.0. The fraction of sp³-hybridized carbons (Fsp3) is 0.125. The molecule has 4 nitrogen and oxygen atoms in total. The Kier molecular flexibility index (Phi) is 3.39. The van der Waals surface area contributed by atoms with E-state index in [1.807, 2.05) is 19.1 Å². The summed E-state index contributed by atoms with van der Waals surface area (Å²) >= 11 is 3.32. The number of rotatable bonds is 2. The first-order valence-electron chi connectivity index (χ1n) is 6.53. The second kappa shape index (κ2) is 5.09. The van der Waals surface area contributed by atoms with Crippen molar-refractivity contribution in [2.75, 3.05) is 4.90 Å². The molecule has 1 aliphatic heterocycles. The molecule has 0 saturated heterocycles. The molecule has 2 aromatic rings. The first-order chi connectivity index (χ1) is 9.99. The Morgan fingerprint density at radius 2 is 1.62 bits per heavy atom. The van der Waals surface area contributed by atoms with E-state index in [1.165, 1.54) is 4.90 Å². The highest BCUT2D eigenvalue weighted by Gasteiger charge is 2.36. The molecule has 106 valence electrons. The highest BCUT2D eigenvalue weighted by Crippen LogP contribution is 2.30. The van der Waals surface area contributed by atoms with Crippen molar-refractivity contribution in [1.82, 2.24) is 0 Å². The second-order valence-corrected chi connectivity index (χ2v) is 5.93. The maximum absolute atomic E-state index is 12.4. The van der Waals surface area contributed by atoms with Gasteiger partial charge < -0.3 is 5.73 Å². The average molecular weight is 345 g/mol. The third-order valence-electron chi connectivity index (χ3n) is 3.53. The van der Waals surface area contributed by atoms with Crippen molar-refractivity contribution in [3.8, 4) is 0 Å². The predicted molar refractivity (Wildman–Crippen MR) is 84.3 cm³/mol. The van der Waals surface area contributed by atoms with Crippen LogP contribution in [0.1, 0.15) is 39.2 Å². The Labute approximate surface area is 130 Å². The lowest BCUT2D eigenvalue weighted by molar-refractivity contribution is 0.0926. The first-order valence-corrected chi connectivity index (χ1v) is 7.32. The van der Waals surface area contributed by atoms with Crippen molar-refractivity contribution in [3.63, 3.8) is 0 Å². The Morgan fingerprint density at radius 3 is 2.24 bits per heavy atom. The molecule has 2 aromatic carbocycles. The predicted octanol–water partition coefficient (Wildman–Crippen LogP) is 3.27. The van der Waals surface area contributed by atoms with Crippen LogP contribution in [0.15, 0.2) is 46.9 Å². The van der Waals surface area contributed by atoms with Crippen LogP contribution in [0, 0.1) is 0 Å². The first kappa shape index (κ1) is 14.0. The number of imide groups is 1. The Bertz CT molecular complexity index is 738. The molecule has 0 aromatic heterocycles. The molecule has 2 amide bonds. The maximum Gasteiger partial charge on any atom is 0.266 e. The number of benzene rings is 2. The monoisotopic (exact) mass is 344 g/mol. The van der Waals surface area contributed by atoms with Gasteiger partial charge in [0.25, 0.3) is 11.8 Å². The molecule has 0 radical (unpaired) electrons. The zero-order chi connectivity index (χ0) is 15.1. The van der Waals surface area contributed by atoms with Gasteiger partial charge in [0.2, 0.25) is 0 Å². The highest BCUT2D eigenvalue weighted by molar-refractivity contribution is 9.10. The lowest BCUT2D eigenvalue weighted by Gasteiger charge is -2.15. The number of carbonyl (C=O) groups is 2. The standard InChI is InChI=1S/C16H13BrN2O2/c1-9(18)10-2-5-12(6-3-10)19-15(20)13-7-4-11(17)8-14(13)16(19)21/h2-9H,18H2,1H3. The van der Waals surface area contributed by atoms with E-state index in [4.69, 9.17) is 5.73 Å². The number of nitrogens with zero attached hydrogens (tertiary/aromatic N) is 1. The third-order valence-corrected chi connectivity index (χ3v) is 4.02. The van der Waals surface area contributed by atoms with Gasteiger partial charge in [0, 0.05) is 10.5 Å². The van der Waals surface area contributed by atoms with Gasteiger partial charge in [0.15, 0.2) is 0 Å². The van der Waals surface area contributed by atoms with E-state index in [2.05, 4.69) is 15.9 Å². The molecule has 0 fully saturated rings. The zero-order valence-corrected chi connectivity index (χ0v) is 12.9. The summed E-state index contributed by atoms with van der Waals surface area (Å²) in [6, 6.07) is 12.2. The van der Waals surface area contributed by atoms with Gasteiger partial charge in [0.1, 0.15) is 0 Å². The van der Waals surface area contributed by atoms with E-state index in [9.17, 15) is 9.59 Å². The third kappa shape index (κ3) is 2.28. The van der Waals surface area contributed by atoms with Crippen LogP contribution in [0.3, 0.4) is 0 Å². The van der Waals surface area contributed by atoms with Crippen LogP contribution in [0.4, 0.5) is 5.69 Å². The average Bonchev–Trinajstić information content (AvgIpc) is 2.70. The fourth-order valence-corrected chi connectivity index (χ4v) is 2.74. The van der Waals surface area contributed by atoms with Crippen molar-refractivity contribution >= 4 is 33.4 Å². The maximum atomic E-state index is 12.4. The normalized spacial score (nSPS) is 15.3. The molecule has 0 aliphatic carbocycles. The smallest absolute Gasteiger partial charge is 0.266 e. The van der Waals surface area contributed by atoms with Gasteiger partial charge in [-0.25, -0.2) is 4.90 Å². The number of hydrogen-bond acceptors (Lipinski definition) is 3. The number of carbonyl (C=O) groups excluding carboxylic acids is 2. The topological polar surface area (TPSA) is 63.4 Å². The van der Waals surface area contributed by atoms with Crippen LogP contribution in [-0.2, 0) is 0 Å². The Hall–Kier alpha value is -1.98. The van der Waals surface area contributed by atoms with E-state index in [0.29, 0.717) is 16.8 Å². The molecule has 1 heterocycles. The van der Waals surface area contributed by atoms with Crippen LogP contribution in [-0.4, -0.2) is 11.8 Å². The van der Waals surface area contributed by atoms with Crippen molar-refractivity contribution in [3.05, 3.63) is 63.6 Å². The van der Waals surface area contributed by atoms with E-state index >= 15 is 0 Å². The minimum Gasteiger partial charge on any atom is -0.324 e. The minimum absolute atomic E-state index is 0.0859. The SMILES string of the molecule is CC(N)c1ccc(N2C(=O)c3ccc(Br)cc3C2=O)cc1. The van der Waals surface area contributed by atoms with Crippen LogP contribution < -0.4 is 10.6 Å². The minimum atomic E-state index is -0.301. The molecule has 21 heavy (non-hydrogen) atoms. The summed E-state index contributed by atoms with van der Waals surface area (Å²) in [5.41, 5.74) is 8.17. The van der Waals surface area contributed by atoms with E-state index in [-0.39, 0.29) is 17.9 Å². The largest absolute Gasteiger partial charge is 0.324 e. The summed E-state index contributed by atoms with van der Waals surface area (Å²) in [6.45, 7) is 1.88. The molecule has 0 bridgehead atoms. The molecular formula is C16H13BrN2O2. The molecule has 0 saturated carbocycles. The van der Waals surface area contributed by atoms with E-state index in [1.54, 1.807) is 30.3 Å². The van der Waals surface area contributed by atoms with Crippen molar-refractivity contribution in [2.45, 2.75) is 13.0 Å². The quantitative estimate of drug-likeness (QED) is 0.850. The zero-order valence-electron chi connectivity index (χ0n) is 11.3. The highest BCUT2D eigenvalue weighted by atomic mass is 79.9. The van der Waals surface area contributed by atoms with Crippen molar-refractivity contribution < 1.29 is 9.59 Å². The molecule has 0 spiro atoms. The Balaban J connectivity index is 2.01. The van der Waals surface area contributed by atoms with Crippen LogP contribution in [0.25, 0.3) is 0 Å². The van der Waals surface area contributed by atoms with E-state index < -0.39 is 0 Å². The number of halogens is 1. The molecule has 5 heteroatoms. The molecule has 1 atom stereocenters. The molecule has 1 aliphatic rings. The summed E-state index contributed by atoms with van der Waals surface area (Å²) in [6.07, 6.45) is 0. The lowest BCUT2D eigenvalue weighted by atomic mass is 10.1. The summed E-state index contributed by atoms with van der Waals surface area (Å²) in [5, 5.41) is 0. The molecular weight excluding hydrogens is 332 g/mol. The van der Waals surface area contributed by atoms with Crippen LogP contribution >= 0.6 is 15.9 Å². The van der Waals surface area contributed by atoms with Gasteiger partial charge in [-0.1, -0.05) is 28.1 Å². The van der Waals surface area contributed by atoms with E-state index in [0.717, 1.165) is 10.0 Å². The number of anilines is 1. The molecule has 2 N–H and O–H groups in total. The number of amides is 2. The summed E-state index contributed by atoms with van der Waals surface area (Å²) < 4.78 is 0.775. The molecule has 1 unspecified atom stereocenters. The van der Waals surface area contributed by atoms with Crippen LogP contribution in [0.5, 0.6) is 0 Å². The summed E-state index contributed by atoms with van der Waals surface area (Å²) in [5.74, 6) is -0.596. The lowest BCUT2D eigenvalue weighted by Crippen LogP contribution is -2.29. The second-order valence-electron chi connectivity index (χ2n) is 5.02. The van der Waals surface area contributed by atoms with Gasteiger partial charge in [-0.3, -0.25) is 9.59 Å². The van der Waals surface area contributed by atoms with Gasteiger partial charge in [-0.2, -0.15) is 0 Å². The summed E-state index contributed by atoms with van der Waals surface area (Å²) in [7, 11) is 0. The number of hydrogen-bond donors (Lipinski definition) is 1. The van der Waals surface area contributed by atoms with Gasteiger partial charge in [-0.15, -0.1) is 0 Å². The van der Waals surface area contributed by atoms with Gasteiger partial charge in [0.05, 0.1) is 16.8 Å². The number of fused-ring (bicyclic) bond motifs is 1. The van der Waals surface area contributed by atoms with Gasteiger partial charge >= 0.3 is 0 Å². The van der Waals surface area contributed by atoms with Crippen molar-refractivity contribution in [2.24, 2.45) is 5.73 Å². The van der Waals surface area contributed by atoms with Gasteiger partial charge in [-0.05, 0) is 42.8 Å². The van der Waals surface area contributed by atoms with Crippen molar-refractivity contribution in [1.29, 1.82) is 0 Å².